The van der Waals surface area contributed by atoms with Gasteiger partial charge in [-0.2, -0.15) is 0 Å². The Morgan fingerprint density at radius 2 is 2.10 bits per heavy atom. The van der Waals surface area contributed by atoms with Crippen molar-refractivity contribution in [3.8, 4) is 0 Å². The number of H-pyrrole nitrogens is 1. The molecule has 0 aliphatic heterocycles. The third-order valence-electron chi connectivity index (χ3n) is 3.24. The van der Waals surface area contributed by atoms with Gasteiger partial charge in [-0.3, -0.25) is 4.79 Å². The second-order valence-corrected chi connectivity index (χ2v) is 5.71. The molecule has 0 saturated carbocycles. The summed E-state index contributed by atoms with van der Waals surface area (Å²) in [6.45, 7) is 7.30. The zero-order valence-corrected chi connectivity index (χ0v) is 12.8. The first-order valence-electron chi connectivity index (χ1n) is 7.56. The number of hydrogen-bond acceptors (Lipinski definition) is 3. The second kappa shape index (κ2) is 7.96. The Morgan fingerprint density at radius 3 is 2.90 bits per heavy atom. The number of fused-ring (bicyclic) bond motifs is 1. The van der Waals surface area contributed by atoms with E-state index in [9.17, 15) is 4.79 Å². The Kier molecular flexibility index (Phi) is 5.96. The molecule has 2 aromatic rings. The summed E-state index contributed by atoms with van der Waals surface area (Å²) >= 11 is 0. The van der Waals surface area contributed by atoms with Crippen molar-refractivity contribution in [1.82, 2.24) is 10.3 Å². The first-order valence-corrected chi connectivity index (χ1v) is 7.56. The molecule has 0 spiro atoms. The highest BCUT2D eigenvalue weighted by Gasteiger charge is 2.02. The number of para-hydroxylation sites is 1. The topological polar surface area (TPSA) is 54.1 Å². The van der Waals surface area contributed by atoms with Crippen molar-refractivity contribution in [2.45, 2.75) is 26.8 Å². The first kappa shape index (κ1) is 15.7. The highest BCUT2D eigenvalue weighted by molar-refractivity contribution is 5.78. The maximum absolute atomic E-state index is 12.0. The quantitative estimate of drug-likeness (QED) is 0.734. The summed E-state index contributed by atoms with van der Waals surface area (Å²) in [6.07, 6.45) is 0.957. The highest BCUT2D eigenvalue weighted by Crippen LogP contribution is 2.09. The van der Waals surface area contributed by atoms with E-state index in [1.807, 2.05) is 30.3 Å². The summed E-state index contributed by atoms with van der Waals surface area (Å²) in [5, 5.41) is 4.36. The van der Waals surface area contributed by atoms with Crippen molar-refractivity contribution in [3.63, 3.8) is 0 Å². The highest BCUT2D eigenvalue weighted by atomic mass is 16.5. The molecule has 0 saturated heterocycles. The van der Waals surface area contributed by atoms with Crippen molar-refractivity contribution >= 4 is 10.9 Å². The van der Waals surface area contributed by atoms with E-state index >= 15 is 0 Å². The molecule has 21 heavy (non-hydrogen) atoms. The van der Waals surface area contributed by atoms with Gasteiger partial charge in [0.15, 0.2) is 0 Å². The summed E-state index contributed by atoms with van der Waals surface area (Å²) in [5.74, 6) is 0.578. The van der Waals surface area contributed by atoms with Gasteiger partial charge in [-0.15, -0.1) is 0 Å². The smallest absolute Gasteiger partial charge is 0.252 e. The van der Waals surface area contributed by atoms with E-state index in [0.29, 0.717) is 12.5 Å². The second-order valence-electron chi connectivity index (χ2n) is 5.71. The molecule has 0 aliphatic carbocycles. The molecular weight excluding hydrogens is 264 g/mol. The first-order chi connectivity index (χ1) is 10.2. The van der Waals surface area contributed by atoms with E-state index in [2.05, 4.69) is 24.1 Å². The number of aromatic nitrogens is 1. The summed E-state index contributed by atoms with van der Waals surface area (Å²) < 4.78 is 5.52. The number of ether oxygens (including phenoxy) is 1. The van der Waals surface area contributed by atoms with Crippen LogP contribution in [0.1, 0.15) is 25.8 Å². The third-order valence-corrected chi connectivity index (χ3v) is 3.24. The predicted octanol–water partition coefficient (Wildman–Crippen LogP) is 2.68. The average molecular weight is 288 g/mol. The van der Waals surface area contributed by atoms with Crippen LogP contribution < -0.4 is 10.9 Å². The van der Waals surface area contributed by atoms with Gasteiger partial charge in [-0.25, -0.2) is 0 Å². The summed E-state index contributed by atoms with van der Waals surface area (Å²) in [7, 11) is 0. The number of pyridine rings is 1. The molecule has 0 radical (unpaired) electrons. The minimum atomic E-state index is -0.0164. The summed E-state index contributed by atoms with van der Waals surface area (Å²) in [4.78, 5) is 14.9. The van der Waals surface area contributed by atoms with Crippen LogP contribution in [-0.4, -0.2) is 24.7 Å². The minimum absolute atomic E-state index is 0.0164. The van der Waals surface area contributed by atoms with Crippen LogP contribution in [0.2, 0.25) is 0 Å². The monoisotopic (exact) mass is 288 g/mol. The van der Waals surface area contributed by atoms with Gasteiger partial charge in [0.05, 0.1) is 0 Å². The van der Waals surface area contributed by atoms with E-state index in [4.69, 9.17) is 4.74 Å². The van der Waals surface area contributed by atoms with E-state index in [0.717, 1.165) is 42.6 Å². The fraction of sp³-hybridized carbons (Fsp3) is 0.471. The molecule has 0 bridgehead atoms. The van der Waals surface area contributed by atoms with E-state index in [1.165, 1.54) is 0 Å². The molecule has 0 fully saturated rings. The number of nitrogens with one attached hydrogen (secondary N) is 2. The molecular formula is C17H24N2O2. The molecule has 2 N–H and O–H groups in total. The number of aromatic amines is 1. The Labute approximate surface area is 125 Å². The minimum Gasteiger partial charge on any atom is -0.381 e. The van der Waals surface area contributed by atoms with Gasteiger partial charge in [0.25, 0.3) is 5.56 Å². The molecule has 1 heterocycles. The zero-order valence-electron chi connectivity index (χ0n) is 12.8. The maximum Gasteiger partial charge on any atom is 0.252 e. The van der Waals surface area contributed by atoms with Crippen LogP contribution in [0.15, 0.2) is 35.1 Å². The molecule has 0 atom stereocenters. The molecule has 0 amide bonds. The molecule has 1 aromatic carbocycles. The lowest BCUT2D eigenvalue weighted by atomic mass is 10.1. The Hall–Kier alpha value is -1.65. The molecule has 0 aliphatic rings. The normalized spacial score (nSPS) is 11.4. The largest absolute Gasteiger partial charge is 0.381 e. The van der Waals surface area contributed by atoms with Gasteiger partial charge >= 0.3 is 0 Å². The lowest BCUT2D eigenvalue weighted by Gasteiger charge is -2.08. The molecule has 4 nitrogen and oxygen atoms in total. The number of rotatable bonds is 8. The molecule has 0 unspecified atom stereocenters. The standard InChI is InChI=1S/C17H24N2O2/c1-13(2)12-21-9-5-8-18-11-15-10-14-6-3-4-7-16(14)19-17(15)20/h3-4,6-7,10,13,18H,5,8-9,11-12H2,1-2H3,(H,19,20). The third kappa shape index (κ3) is 4.99. The van der Waals surface area contributed by atoms with Gasteiger partial charge in [-0.05, 0) is 36.4 Å². The summed E-state index contributed by atoms with van der Waals surface area (Å²) in [5.41, 5.74) is 1.64. The van der Waals surface area contributed by atoms with Gasteiger partial charge in [0, 0.05) is 30.8 Å². The number of benzene rings is 1. The zero-order chi connectivity index (χ0) is 15.1. The SMILES string of the molecule is CC(C)COCCCNCc1cc2ccccc2[nH]c1=O. The van der Waals surface area contributed by atoms with Crippen LogP contribution in [0.5, 0.6) is 0 Å². The van der Waals surface area contributed by atoms with Crippen molar-refractivity contribution in [3.05, 3.63) is 46.2 Å². The van der Waals surface area contributed by atoms with Crippen LogP contribution in [0, 0.1) is 5.92 Å². The Bertz CT molecular complexity index is 619. The van der Waals surface area contributed by atoms with E-state index < -0.39 is 0 Å². The Balaban J connectivity index is 1.78. The van der Waals surface area contributed by atoms with Crippen LogP contribution >= 0.6 is 0 Å². The fourth-order valence-corrected chi connectivity index (χ4v) is 2.17. The van der Waals surface area contributed by atoms with Gasteiger partial charge in [0.1, 0.15) is 0 Å². The molecule has 114 valence electrons. The summed E-state index contributed by atoms with van der Waals surface area (Å²) in [6, 6.07) is 9.78. The van der Waals surface area contributed by atoms with Gasteiger partial charge < -0.3 is 15.0 Å². The lowest BCUT2D eigenvalue weighted by Crippen LogP contribution is -2.22. The molecule has 2 rings (SSSR count). The van der Waals surface area contributed by atoms with Gasteiger partial charge in [-0.1, -0.05) is 32.0 Å². The van der Waals surface area contributed by atoms with Crippen LogP contribution in [0.3, 0.4) is 0 Å². The molecule has 4 heteroatoms. The molecule has 1 aromatic heterocycles. The van der Waals surface area contributed by atoms with Crippen molar-refractivity contribution in [2.24, 2.45) is 5.92 Å². The fourth-order valence-electron chi connectivity index (χ4n) is 2.17. The maximum atomic E-state index is 12.0. The van der Waals surface area contributed by atoms with Crippen LogP contribution in [-0.2, 0) is 11.3 Å². The predicted molar refractivity (Wildman–Crippen MR) is 86.5 cm³/mol. The van der Waals surface area contributed by atoms with Crippen molar-refractivity contribution < 1.29 is 4.74 Å². The van der Waals surface area contributed by atoms with Crippen molar-refractivity contribution in [2.75, 3.05) is 19.8 Å². The van der Waals surface area contributed by atoms with E-state index in [-0.39, 0.29) is 5.56 Å². The van der Waals surface area contributed by atoms with Crippen LogP contribution in [0.4, 0.5) is 0 Å². The van der Waals surface area contributed by atoms with Gasteiger partial charge in [0.2, 0.25) is 0 Å². The average Bonchev–Trinajstić information content (AvgIpc) is 2.46. The Morgan fingerprint density at radius 1 is 1.29 bits per heavy atom. The lowest BCUT2D eigenvalue weighted by molar-refractivity contribution is 0.108. The van der Waals surface area contributed by atoms with E-state index in [1.54, 1.807) is 0 Å². The van der Waals surface area contributed by atoms with Crippen LogP contribution in [0.25, 0.3) is 10.9 Å². The number of hydrogen-bond donors (Lipinski definition) is 2. The van der Waals surface area contributed by atoms with Crippen molar-refractivity contribution in [1.29, 1.82) is 0 Å².